The van der Waals surface area contributed by atoms with Crippen molar-refractivity contribution in [2.45, 2.75) is 13.3 Å². The summed E-state index contributed by atoms with van der Waals surface area (Å²) < 4.78 is 5.90. The van der Waals surface area contributed by atoms with Gasteiger partial charge in [-0.05, 0) is 47.2 Å². The van der Waals surface area contributed by atoms with Crippen LogP contribution >= 0.6 is 0 Å². The van der Waals surface area contributed by atoms with Crippen molar-refractivity contribution in [2.24, 2.45) is 0 Å². The molecule has 0 bridgehead atoms. The van der Waals surface area contributed by atoms with Crippen molar-refractivity contribution in [1.82, 2.24) is 0 Å². The lowest BCUT2D eigenvalue weighted by molar-refractivity contribution is 0.341. The van der Waals surface area contributed by atoms with Crippen LogP contribution in [-0.4, -0.2) is 6.61 Å². The van der Waals surface area contributed by atoms with Crippen LogP contribution in [0.1, 0.15) is 29.2 Å². The summed E-state index contributed by atoms with van der Waals surface area (Å²) in [4.78, 5) is 0. The monoisotopic (exact) mass is 312 g/mol. The van der Waals surface area contributed by atoms with Gasteiger partial charge in [0.2, 0.25) is 0 Å². The summed E-state index contributed by atoms with van der Waals surface area (Å²) in [6.07, 6.45) is 5.37. The maximum Gasteiger partial charge on any atom is 0.127 e. The van der Waals surface area contributed by atoms with Gasteiger partial charge in [0.1, 0.15) is 5.75 Å². The number of rotatable bonds is 4. The second-order valence-electron chi connectivity index (χ2n) is 6.02. The topological polar surface area (TPSA) is 9.23 Å². The first kappa shape index (κ1) is 14.8. The molecular formula is C23H20O. The molecule has 0 saturated carbocycles. The smallest absolute Gasteiger partial charge is 0.127 e. The van der Waals surface area contributed by atoms with Crippen LogP contribution in [0.3, 0.4) is 0 Å². The van der Waals surface area contributed by atoms with Gasteiger partial charge in [-0.2, -0.15) is 0 Å². The summed E-state index contributed by atoms with van der Waals surface area (Å²) in [6, 6.07) is 23.4. The van der Waals surface area contributed by atoms with Crippen molar-refractivity contribution >= 4 is 12.2 Å². The summed E-state index contributed by atoms with van der Waals surface area (Å²) in [7, 11) is 0. The van der Waals surface area contributed by atoms with E-state index in [4.69, 9.17) is 4.74 Å². The summed E-state index contributed by atoms with van der Waals surface area (Å²) in [5, 5.41) is 0. The van der Waals surface area contributed by atoms with Gasteiger partial charge in [0.05, 0.1) is 6.61 Å². The number of benzene rings is 3. The fraction of sp³-hybridized carbons (Fsp3) is 0.130. The van der Waals surface area contributed by atoms with Gasteiger partial charge in [-0.1, -0.05) is 72.8 Å². The highest BCUT2D eigenvalue weighted by molar-refractivity contribution is 5.86. The molecule has 1 heteroatoms. The van der Waals surface area contributed by atoms with Gasteiger partial charge in [-0.3, -0.25) is 0 Å². The molecule has 0 aromatic heterocycles. The lowest BCUT2D eigenvalue weighted by Crippen LogP contribution is -1.96. The molecule has 0 N–H and O–H groups in total. The van der Waals surface area contributed by atoms with Gasteiger partial charge < -0.3 is 4.74 Å². The van der Waals surface area contributed by atoms with E-state index in [-0.39, 0.29) is 0 Å². The molecule has 3 aromatic rings. The van der Waals surface area contributed by atoms with Gasteiger partial charge in [-0.25, -0.2) is 0 Å². The molecule has 1 aliphatic rings. The SMILES string of the molecule is CCOc1ccc(C=Cc2ccccc2)c2c1-c1ccccc1C2. The van der Waals surface area contributed by atoms with E-state index >= 15 is 0 Å². The zero-order valence-electron chi connectivity index (χ0n) is 13.8. The van der Waals surface area contributed by atoms with E-state index in [2.05, 4.69) is 72.8 Å². The Bertz CT molecular complexity index is 891. The molecule has 118 valence electrons. The van der Waals surface area contributed by atoms with Gasteiger partial charge in [0.25, 0.3) is 0 Å². The van der Waals surface area contributed by atoms with Crippen LogP contribution in [0.5, 0.6) is 5.75 Å². The Morgan fingerprint density at radius 2 is 1.67 bits per heavy atom. The van der Waals surface area contributed by atoms with Crippen LogP contribution in [0.25, 0.3) is 23.3 Å². The molecular weight excluding hydrogens is 292 g/mol. The minimum absolute atomic E-state index is 0.688. The summed E-state index contributed by atoms with van der Waals surface area (Å²) in [5.74, 6) is 0.995. The third-order valence-electron chi connectivity index (χ3n) is 4.52. The molecule has 24 heavy (non-hydrogen) atoms. The highest BCUT2D eigenvalue weighted by Gasteiger charge is 2.23. The maximum atomic E-state index is 5.90. The van der Waals surface area contributed by atoms with E-state index < -0.39 is 0 Å². The lowest BCUT2D eigenvalue weighted by atomic mass is 9.99. The molecule has 1 nitrogen and oxygen atoms in total. The Hall–Kier alpha value is -2.80. The molecule has 1 aliphatic carbocycles. The Morgan fingerprint density at radius 3 is 2.50 bits per heavy atom. The van der Waals surface area contributed by atoms with E-state index in [0.717, 1.165) is 12.2 Å². The second kappa shape index (κ2) is 6.37. The average molecular weight is 312 g/mol. The van der Waals surface area contributed by atoms with Crippen molar-refractivity contribution < 1.29 is 4.74 Å². The molecule has 4 rings (SSSR count). The molecule has 0 saturated heterocycles. The highest BCUT2D eigenvalue weighted by Crippen LogP contribution is 2.44. The first-order valence-corrected chi connectivity index (χ1v) is 8.47. The van der Waals surface area contributed by atoms with E-state index in [9.17, 15) is 0 Å². The second-order valence-corrected chi connectivity index (χ2v) is 6.02. The van der Waals surface area contributed by atoms with Crippen LogP contribution in [0.15, 0.2) is 66.7 Å². The van der Waals surface area contributed by atoms with Gasteiger partial charge in [0.15, 0.2) is 0 Å². The van der Waals surface area contributed by atoms with E-state index in [1.165, 1.54) is 33.4 Å². The van der Waals surface area contributed by atoms with E-state index in [1.54, 1.807) is 0 Å². The quantitative estimate of drug-likeness (QED) is 0.431. The molecule has 0 fully saturated rings. The molecule has 0 radical (unpaired) electrons. The van der Waals surface area contributed by atoms with Gasteiger partial charge in [0, 0.05) is 5.56 Å². The van der Waals surface area contributed by atoms with E-state index in [1.807, 2.05) is 13.0 Å². The van der Waals surface area contributed by atoms with Crippen LogP contribution in [-0.2, 0) is 6.42 Å². The predicted octanol–water partition coefficient (Wildman–Crippen LogP) is 5.83. The van der Waals surface area contributed by atoms with Crippen molar-refractivity contribution in [3.05, 3.63) is 89.0 Å². The summed E-state index contributed by atoms with van der Waals surface area (Å²) in [6.45, 7) is 2.73. The zero-order valence-corrected chi connectivity index (χ0v) is 13.8. The predicted molar refractivity (Wildman–Crippen MR) is 101 cm³/mol. The molecule has 0 spiro atoms. The minimum atomic E-state index is 0.688. The van der Waals surface area contributed by atoms with Crippen LogP contribution in [0.2, 0.25) is 0 Å². The largest absolute Gasteiger partial charge is 0.493 e. The molecule has 0 unspecified atom stereocenters. The first-order valence-electron chi connectivity index (χ1n) is 8.47. The Morgan fingerprint density at radius 1 is 0.875 bits per heavy atom. The lowest BCUT2D eigenvalue weighted by Gasteiger charge is -2.12. The van der Waals surface area contributed by atoms with Crippen molar-refractivity contribution in [2.75, 3.05) is 6.61 Å². The minimum Gasteiger partial charge on any atom is -0.493 e. The van der Waals surface area contributed by atoms with Gasteiger partial charge in [-0.15, -0.1) is 0 Å². The Balaban J connectivity index is 1.80. The standard InChI is InChI=1S/C23H20O/c1-2-24-22-15-14-18(13-12-17-8-4-3-5-9-17)21-16-19-10-6-7-11-20(19)23(21)22/h3-15H,2,16H2,1H3. The summed E-state index contributed by atoms with van der Waals surface area (Å²) in [5.41, 5.74) is 7.82. The number of ether oxygens (including phenoxy) is 1. The third kappa shape index (κ3) is 2.63. The molecule has 0 amide bonds. The van der Waals surface area contributed by atoms with Crippen molar-refractivity contribution in [1.29, 1.82) is 0 Å². The summed E-state index contributed by atoms with van der Waals surface area (Å²) >= 11 is 0. The third-order valence-corrected chi connectivity index (χ3v) is 4.52. The van der Waals surface area contributed by atoms with Gasteiger partial charge >= 0.3 is 0 Å². The number of hydrogen-bond donors (Lipinski definition) is 0. The number of fused-ring (bicyclic) bond motifs is 3. The van der Waals surface area contributed by atoms with Crippen LogP contribution < -0.4 is 4.74 Å². The Labute approximate surface area is 143 Å². The first-order chi connectivity index (χ1) is 11.9. The molecule has 3 aromatic carbocycles. The number of hydrogen-bond acceptors (Lipinski definition) is 1. The van der Waals surface area contributed by atoms with Crippen molar-refractivity contribution in [3.63, 3.8) is 0 Å². The average Bonchev–Trinajstić information content (AvgIpc) is 3.02. The van der Waals surface area contributed by atoms with E-state index in [0.29, 0.717) is 6.61 Å². The fourth-order valence-corrected chi connectivity index (χ4v) is 3.42. The van der Waals surface area contributed by atoms with Crippen molar-refractivity contribution in [3.8, 4) is 16.9 Å². The molecule has 0 heterocycles. The van der Waals surface area contributed by atoms with Crippen LogP contribution in [0, 0.1) is 0 Å². The van der Waals surface area contributed by atoms with Crippen LogP contribution in [0.4, 0.5) is 0 Å². The fourth-order valence-electron chi connectivity index (χ4n) is 3.42. The molecule has 0 aliphatic heterocycles. The normalized spacial score (nSPS) is 12.2. The molecule has 0 atom stereocenters. The Kier molecular flexibility index (Phi) is 3.92. The highest BCUT2D eigenvalue weighted by atomic mass is 16.5. The zero-order chi connectivity index (χ0) is 16.4. The maximum absolute atomic E-state index is 5.90.